The quantitative estimate of drug-likeness (QED) is 0.0658. The Hall–Kier alpha value is -4.49. The smallest absolute Gasteiger partial charge is 0.572 e. The maximum absolute atomic E-state index is 12.7. The average Bonchev–Trinajstić information content (AvgIpc) is 2.99. The van der Waals surface area contributed by atoms with Crippen molar-refractivity contribution in [3.8, 4) is 0 Å². The summed E-state index contributed by atoms with van der Waals surface area (Å²) in [6, 6.07) is 35.6. The SMILES string of the molecule is O=[N+]([O-])c1ccc(S(=O)(=O)[N-]c2cccc3ccc4cccnc4c23)cc1.[Pd+2].[c-]1ccccc1.c1ccncc1. The number of pyridine rings is 2. The van der Waals surface area contributed by atoms with Crippen LogP contribution in [0.3, 0.4) is 0 Å². The van der Waals surface area contributed by atoms with Crippen LogP contribution in [0.4, 0.5) is 11.4 Å². The first-order valence-corrected chi connectivity index (χ1v) is 13.1. The third-order valence-corrected chi connectivity index (χ3v) is 6.64. The van der Waals surface area contributed by atoms with Crippen molar-refractivity contribution < 1.29 is 33.8 Å². The molecule has 0 aliphatic heterocycles. The number of rotatable bonds is 4. The van der Waals surface area contributed by atoms with Crippen LogP contribution in [0.15, 0.2) is 139 Å². The van der Waals surface area contributed by atoms with Crippen LogP contribution >= 0.6 is 0 Å². The predicted octanol–water partition coefficient (Wildman–Crippen LogP) is 7.26. The molecule has 0 aliphatic carbocycles. The molecular weight excluding hydrogens is 619 g/mol. The molecule has 0 unspecified atom stereocenters. The first kappa shape index (κ1) is 30.1. The molecule has 10 heteroatoms. The van der Waals surface area contributed by atoms with Gasteiger partial charge in [0.2, 0.25) is 0 Å². The Balaban J connectivity index is 0.000000279. The summed E-state index contributed by atoms with van der Waals surface area (Å²) < 4.78 is 29.4. The largest absolute Gasteiger partial charge is 2.00 e. The molecule has 0 atom stereocenters. The summed E-state index contributed by atoms with van der Waals surface area (Å²) in [6.07, 6.45) is 5.14. The average molecular weight is 641 g/mol. The van der Waals surface area contributed by atoms with E-state index in [2.05, 4.69) is 20.8 Å². The number of nitrogens with zero attached hydrogens (tertiary/aromatic N) is 4. The number of hydrogen-bond acceptors (Lipinski definition) is 6. The van der Waals surface area contributed by atoms with Crippen LogP contribution in [0, 0.1) is 16.2 Å². The van der Waals surface area contributed by atoms with Gasteiger partial charge in [-0.25, -0.2) is 8.42 Å². The Labute approximate surface area is 245 Å². The molecule has 0 fully saturated rings. The minimum atomic E-state index is -4.04. The molecule has 0 spiro atoms. The maximum Gasteiger partial charge on any atom is 2.00 e. The van der Waals surface area contributed by atoms with E-state index in [9.17, 15) is 18.5 Å². The third-order valence-electron chi connectivity index (χ3n) is 5.33. The number of fused-ring (bicyclic) bond motifs is 3. The molecule has 0 amide bonds. The normalized spacial score (nSPS) is 10.2. The standard InChI is InChI=1S/C19H12N3O4S.C6H5.C5H5N.Pd/c23-22(24)15-8-10-16(11-9-15)27(25,26)21-17-5-1-3-13-6-7-14-4-2-12-20-19(14)18(13)17;2*1-2-4-6-5-3-1;/h1-12H;2*1-5H;/q2*-1;;+2. The molecule has 2 heterocycles. The van der Waals surface area contributed by atoms with Gasteiger partial charge >= 0.3 is 20.4 Å². The molecule has 6 rings (SSSR count). The van der Waals surface area contributed by atoms with E-state index in [0.29, 0.717) is 10.9 Å². The topological polar surface area (TPSA) is 117 Å². The van der Waals surface area contributed by atoms with Crippen molar-refractivity contribution in [1.82, 2.24) is 9.97 Å². The summed E-state index contributed by atoms with van der Waals surface area (Å²) in [5.41, 5.74) is 0.748. The van der Waals surface area contributed by atoms with Gasteiger partial charge in [0, 0.05) is 36.1 Å². The van der Waals surface area contributed by atoms with Gasteiger partial charge in [0.05, 0.1) is 15.3 Å². The van der Waals surface area contributed by atoms with E-state index in [4.69, 9.17) is 0 Å². The molecule has 0 N–H and O–H groups in total. The maximum atomic E-state index is 12.7. The van der Waals surface area contributed by atoms with Gasteiger partial charge in [0.15, 0.2) is 0 Å². The molecule has 40 heavy (non-hydrogen) atoms. The zero-order chi connectivity index (χ0) is 27.5. The predicted molar refractivity (Wildman–Crippen MR) is 152 cm³/mol. The van der Waals surface area contributed by atoms with Crippen LogP contribution in [0.2, 0.25) is 0 Å². The minimum Gasteiger partial charge on any atom is -0.572 e. The van der Waals surface area contributed by atoms with Gasteiger partial charge in [-0.05, 0) is 41.1 Å². The van der Waals surface area contributed by atoms with Crippen LogP contribution in [0.5, 0.6) is 0 Å². The van der Waals surface area contributed by atoms with Gasteiger partial charge in [-0.2, -0.15) is 36.4 Å². The van der Waals surface area contributed by atoms with E-state index in [1.165, 1.54) is 12.1 Å². The van der Waals surface area contributed by atoms with Gasteiger partial charge < -0.3 is 4.72 Å². The van der Waals surface area contributed by atoms with E-state index in [-0.39, 0.29) is 36.7 Å². The molecule has 6 aromatic rings. The number of benzene rings is 4. The molecular formula is C30H22N4O4PdS. The van der Waals surface area contributed by atoms with Crippen molar-refractivity contribution in [3.05, 3.63) is 155 Å². The number of nitro benzene ring substituents is 1. The van der Waals surface area contributed by atoms with Crippen molar-refractivity contribution in [2.75, 3.05) is 0 Å². The molecule has 0 bridgehead atoms. The third kappa shape index (κ3) is 8.01. The van der Waals surface area contributed by atoms with E-state index in [0.717, 1.165) is 22.9 Å². The second kappa shape index (κ2) is 14.6. The molecule has 4 aromatic carbocycles. The van der Waals surface area contributed by atoms with Crippen LogP contribution in [0.25, 0.3) is 26.4 Å². The Morgan fingerprint density at radius 3 is 1.93 bits per heavy atom. The minimum absolute atomic E-state index is 0. The van der Waals surface area contributed by atoms with Gasteiger partial charge in [-0.1, -0.05) is 42.5 Å². The zero-order valence-corrected chi connectivity index (χ0v) is 23.2. The first-order valence-electron chi connectivity index (χ1n) is 11.7. The Kier molecular flexibility index (Phi) is 11.0. The number of non-ortho nitro benzene ring substituents is 1. The Morgan fingerprint density at radius 2 is 1.38 bits per heavy atom. The van der Waals surface area contributed by atoms with E-state index in [1.54, 1.807) is 30.7 Å². The van der Waals surface area contributed by atoms with Crippen LogP contribution < -0.4 is 0 Å². The number of hydrogen-bond donors (Lipinski definition) is 0. The van der Waals surface area contributed by atoms with Gasteiger partial charge in [0.1, 0.15) is 10.0 Å². The Bertz CT molecular complexity index is 1690. The summed E-state index contributed by atoms with van der Waals surface area (Å²) in [5, 5.41) is 13.1. The van der Waals surface area contributed by atoms with Crippen LogP contribution in [0.1, 0.15) is 0 Å². The molecule has 0 aliphatic rings. The molecule has 0 saturated carbocycles. The summed E-state index contributed by atoms with van der Waals surface area (Å²) in [4.78, 5) is 18.2. The molecule has 8 nitrogen and oxygen atoms in total. The van der Waals surface area contributed by atoms with E-state index >= 15 is 0 Å². The summed E-state index contributed by atoms with van der Waals surface area (Å²) in [6.45, 7) is 0. The zero-order valence-electron chi connectivity index (χ0n) is 20.8. The number of sulfonamides is 1. The van der Waals surface area contributed by atoms with Crippen molar-refractivity contribution in [2.24, 2.45) is 0 Å². The second-order valence-corrected chi connectivity index (χ2v) is 9.54. The summed E-state index contributed by atoms with van der Waals surface area (Å²) in [5.74, 6) is 0. The van der Waals surface area contributed by atoms with Crippen molar-refractivity contribution in [3.63, 3.8) is 0 Å². The first-order chi connectivity index (χ1) is 19.0. The molecule has 0 saturated heterocycles. The van der Waals surface area contributed by atoms with Crippen LogP contribution in [-0.2, 0) is 30.4 Å². The van der Waals surface area contributed by atoms with Gasteiger partial charge in [-0.15, -0.1) is 5.69 Å². The molecule has 2 aromatic heterocycles. The fourth-order valence-corrected chi connectivity index (χ4v) is 4.54. The van der Waals surface area contributed by atoms with Gasteiger partial charge in [0.25, 0.3) is 5.69 Å². The number of nitro groups is 1. The van der Waals surface area contributed by atoms with E-state index < -0.39 is 14.9 Å². The fraction of sp³-hybridized carbons (Fsp3) is 0. The summed E-state index contributed by atoms with van der Waals surface area (Å²) in [7, 11) is -4.04. The monoisotopic (exact) mass is 640 g/mol. The summed E-state index contributed by atoms with van der Waals surface area (Å²) >= 11 is 0. The second-order valence-electron chi connectivity index (χ2n) is 7.94. The Morgan fingerprint density at radius 1 is 0.725 bits per heavy atom. The van der Waals surface area contributed by atoms with E-state index in [1.807, 2.05) is 78.9 Å². The van der Waals surface area contributed by atoms with Crippen molar-refractivity contribution in [1.29, 1.82) is 0 Å². The van der Waals surface area contributed by atoms with Gasteiger partial charge in [-0.3, -0.25) is 20.1 Å². The van der Waals surface area contributed by atoms with Crippen molar-refractivity contribution in [2.45, 2.75) is 4.90 Å². The number of aromatic nitrogens is 2. The fourth-order valence-electron chi connectivity index (χ4n) is 3.55. The van der Waals surface area contributed by atoms with Crippen molar-refractivity contribution >= 4 is 43.1 Å². The molecule has 0 radical (unpaired) electrons. The molecule has 202 valence electrons. The van der Waals surface area contributed by atoms with Crippen LogP contribution in [-0.4, -0.2) is 23.3 Å².